The molecule has 1 aliphatic rings. The summed E-state index contributed by atoms with van der Waals surface area (Å²) < 4.78 is 0.651. The van der Waals surface area contributed by atoms with Gasteiger partial charge in [0, 0.05) is 23.7 Å². The van der Waals surface area contributed by atoms with E-state index < -0.39 is 5.25 Å². The Bertz CT molecular complexity index is 930. The maximum atomic E-state index is 12.9. The van der Waals surface area contributed by atoms with Crippen LogP contribution in [0.3, 0.4) is 0 Å². The summed E-state index contributed by atoms with van der Waals surface area (Å²) in [6.07, 6.45) is 2.41. The van der Waals surface area contributed by atoms with Crippen molar-refractivity contribution >= 4 is 45.7 Å². The fourth-order valence-electron chi connectivity index (χ4n) is 3.25. The molecule has 1 amide bonds. The molecule has 0 aliphatic heterocycles. The summed E-state index contributed by atoms with van der Waals surface area (Å²) in [6, 6.07) is 0.229. The summed E-state index contributed by atoms with van der Waals surface area (Å²) in [5, 5.41) is 8.56. The Labute approximate surface area is 172 Å². The minimum Gasteiger partial charge on any atom is -0.355 e. The number of H-pyrrole nitrogens is 1. The van der Waals surface area contributed by atoms with E-state index in [2.05, 4.69) is 15.2 Å². The highest BCUT2D eigenvalue weighted by atomic mass is 32.2. The number of ketones is 2. The van der Waals surface area contributed by atoms with Crippen LogP contribution in [-0.2, 0) is 4.79 Å². The lowest BCUT2D eigenvalue weighted by Crippen LogP contribution is -2.32. The minimum absolute atomic E-state index is 0.0496. The van der Waals surface area contributed by atoms with Gasteiger partial charge < -0.3 is 4.98 Å². The van der Waals surface area contributed by atoms with Crippen LogP contribution < -0.4 is 4.90 Å². The normalized spacial score (nSPS) is 14.8. The zero-order chi connectivity index (χ0) is 20.6. The van der Waals surface area contributed by atoms with E-state index in [1.165, 1.54) is 30.0 Å². The Morgan fingerprint density at radius 1 is 1.29 bits per heavy atom. The highest BCUT2D eigenvalue weighted by Gasteiger charge is 2.35. The van der Waals surface area contributed by atoms with E-state index >= 15 is 0 Å². The van der Waals surface area contributed by atoms with Gasteiger partial charge in [0.1, 0.15) is 0 Å². The summed E-state index contributed by atoms with van der Waals surface area (Å²) in [6.45, 7) is 8.74. The largest absolute Gasteiger partial charge is 0.355 e. The topological polar surface area (TPSA) is 96.0 Å². The smallest absolute Gasteiger partial charge is 0.228 e. The molecule has 7 nitrogen and oxygen atoms in total. The fraction of sp³-hybridized carbons (Fsp3) is 0.526. The standard InChI is InChI=1S/C19H24N4O3S2/c1-6-14(25)23(13-7-8-13)18-21-22-19(28-18)27-12(5)17(26)16-9(2)15(11(4)24)10(3)20-16/h12-13,20H,6-8H2,1-5H3. The van der Waals surface area contributed by atoms with E-state index in [0.29, 0.717) is 38.4 Å². The quantitative estimate of drug-likeness (QED) is 0.395. The van der Waals surface area contributed by atoms with Gasteiger partial charge in [-0.3, -0.25) is 19.3 Å². The van der Waals surface area contributed by atoms with Crippen molar-refractivity contribution in [1.29, 1.82) is 0 Å². The monoisotopic (exact) mass is 420 g/mol. The molecule has 1 saturated carbocycles. The van der Waals surface area contributed by atoms with Crippen LogP contribution in [0.2, 0.25) is 0 Å². The fourth-order valence-corrected chi connectivity index (χ4v) is 5.38. The first-order chi connectivity index (χ1) is 13.2. The van der Waals surface area contributed by atoms with Gasteiger partial charge in [-0.1, -0.05) is 30.0 Å². The number of anilines is 1. The molecule has 2 aromatic rings. The first-order valence-electron chi connectivity index (χ1n) is 9.31. The van der Waals surface area contributed by atoms with Crippen LogP contribution >= 0.6 is 23.1 Å². The lowest BCUT2D eigenvalue weighted by Gasteiger charge is -2.17. The lowest BCUT2D eigenvalue weighted by molar-refractivity contribution is -0.118. The van der Waals surface area contributed by atoms with Crippen molar-refractivity contribution in [1.82, 2.24) is 15.2 Å². The molecule has 0 aromatic carbocycles. The zero-order valence-electron chi connectivity index (χ0n) is 16.7. The van der Waals surface area contributed by atoms with E-state index in [1.807, 2.05) is 13.8 Å². The zero-order valence-corrected chi connectivity index (χ0v) is 18.3. The van der Waals surface area contributed by atoms with E-state index in [0.717, 1.165) is 12.8 Å². The number of Topliss-reactive ketones (excluding diaryl/α,β-unsaturated/α-hetero) is 2. The highest BCUT2D eigenvalue weighted by molar-refractivity contribution is 8.02. The third-order valence-electron chi connectivity index (χ3n) is 4.77. The van der Waals surface area contributed by atoms with Crippen LogP contribution in [-0.4, -0.2) is 43.9 Å². The summed E-state index contributed by atoms with van der Waals surface area (Å²) in [5.41, 5.74) is 2.45. The molecule has 28 heavy (non-hydrogen) atoms. The molecule has 1 fully saturated rings. The second-order valence-corrected chi connectivity index (χ2v) is 9.55. The van der Waals surface area contributed by atoms with Crippen LogP contribution in [0.4, 0.5) is 5.13 Å². The van der Waals surface area contributed by atoms with Crippen LogP contribution in [0, 0.1) is 13.8 Å². The van der Waals surface area contributed by atoms with E-state index in [4.69, 9.17) is 0 Å². The van der Waals surface area contributed by atoms with Gasteiger partial charge >= 0.3 is 0 Å². The van der Waals surface area contributed by atoms with Gasteiger partial charge in [0.25, 0.3) is 0 Å². The molecular formula is C19H24N4O3S2. The van der Waals surface area contributed by atoms with Gasteiger partial charge in [0.15, 0.2) is 15.9 Å². The van der Waals surface area contributed by atoms with Crippen molar-refractivity contribution in [2.24, 2.45) is 0 Å². The van der Waals surface area contributed by atoms with Crippen molar-refractivity contribution in [3.05, 3.63) is 22.5 Å². The number of carbonyl (C=O) groups excluding carboxylic acids is 3. The van der Waals surface area contributed by atoms with Crippen molar-refractivity contribution in [2.75, 3.05) is 4.90 Å². The predicted octanol–water partition coefficient (Wildman–Crippen LogP) is 3.95. The average Bonchev–Trinajstić information content (AvgIpc) is 3.29. The molecule has 2 aromatic heterocycles. The molecule has 0 saturated heterocycles. The van der Waals surface area contributed by atoms with E-state index in [1.54, 1.807) is 18.7 Å². The molecule has 150 valence electrons. The van der Waals surface area contributed by atoms with Crippen LogP contribution in [0.1, 0.15) is 72.1 Å². The molecule has 0 bridgehead atoms. The molecular weight excluding hydrogens is 396 g/mol. The first-order valence-corrected chi connectivity index (χ1v) is 11.0. The maximum absolute atomic E-state index is 12.9. The number of amides is 1. The lowest BCUT2D eigenvalue weighted by atomic mass is 10.0. The molecule has 0 radical (unpaired) electrons. The molecule has 2 heterocycles. The Balaban J connectivity index is 1.75. The Morgan fingerprint density at radius 2 is 1.96 bits per heavy atom. The summed E-state index contributed by atoms with van der Waals surface area (Å²) in [4.78, 5) is 41.7. The van der Waals surface area contributed by atoms with Crippen molar-refractivity contribution in [3.8, 4) is 0 Å². The number of rotatable bonds is 8. The average molecular weight is 421 g/mol. The number of hydrogen-bond acceptors (Lipinski definition) is 7. The van der Waals surface area contributed by atoms with Crippen molar-refractivity contribution < 1.29 is 14.4 Å². The van der Waals surface area contributed by atoms with Gasteiger partial charge in [-0.2, -0.15) is 0 Å². The minimum atomic E-state index is -0.395. The van der Waals surface area contributed by atoms with Gasteiger partial charge in [-0.25, -0.2) is 0 Å². The number of thioether (sulfide) groups is 1. The SMILES string of the molecule is CCC(=O)N(c1nnc(SC(C)C(=O)c2[nH]c(C)c(C(C)=O)c2C)s1)C1CC1. The molecule has 1 unspecified atom stereocenters. The molecule has 1 aliphatic carbocycles. The second-order valence-electron chi connectivity index (χ2n) is 7.00. The highest BCUT2D eigenvalue weighted by Crippen LogP contribution is 2.37. The maximum Gasteiger partial charge on any atom is 0.228 e. The Morgan fingerprint density at radius 3 is 2.50 bits per heavy atom. The van der Waals surface area contributed by atoms with Crippen molar-refractivity contribution in [3.63, 3.8) is 0 Å². The van der Waals surface area contributed by atoms with Crippen LogP contribution in [0.5, 0.6) is 0 Å². The molecule has 1 atom stereocenters. The second kappa shape index (κ2) is 8.16. The van der Waals surface area contributed by atoms with Gasteiger partial charge in [0.05, 0.1) is 10.9 Å². The van der Waals surface area contributed by atoms with Crippen molar-refractivity contribution in [2.45, 2.75) is 69.5 Å². The number of aromatic amines is 1. The number of hydrogen-bond donors (Lipinski definition) is 1. The molecule has 3 rings (SSSR count). The van der Waals surface area contributed by atoms with E-state index in [-0.39, 0.29) is 23.5 Å². The number of aromatic nitrogens is 3. The number of carbonyl (C=O) groups is 3. The first kappa shape index (κ1) is 20.7. The molecule has 0 spiro atoms. The summed E-state index contributed by atoms with van der Waals surface area (Å²) in [5.74, 6) is -0.0905. The summed E-state index contributed by atoms with van der Waals surface area (Å²) in [7, 11) is 0. The van der Waals surface area contributed by atoms with Gasteiger partial charge in [0.2, 0.25) is 11.0 Å². The van der Waals surface area contributed by atoms with Gasteiger partial charge in [-0.05, 0) is 46.1 Å². The Kier molecular flexibility index (Phi) is 6.04. The number of nitrogens with zero attached hydrogens (tertiary/aromatic N) is 3. The third kappa shape index (κ3) is 4.05. The van der Waals surface area contributed by atoms with E-state index in [9.17, 15) is 14.4 Å². The number of aryl methyl sites for hydroxylation is 1. The predicted molar refractivity (Wildman–Crippen MR) is 111 cm³/mol. The van der Waals surface area contributed by atoms with Gasteiger partial charge in [-0.15, -0.1) is 10.2 Å². The van der Waals surface area contributed by atoms with Crippen LogP contribution in [0.25, 0.3) is 0 Å². The molecule has 1 N–H and O–H groups in total. The number of nitrogens with one attached hydrogen (secondary N) is 1. The third-order valence-corrected chi connectivity index (χ3v) is 6.87. The summed E-state index contributed by atoms with van der Waals surface area (Å²) >= 11 is 2.66. The Hall–Kier alpha value is -2.00. The molecule has 9 heteroatoms. The van der Waals surface area contributed by atoms with Crippen LogP contribution in [0.15, 0.2) is 4.34 Å².